The lowest BCUT2D eigenvalue weighted by molar-refractivity contribution is -0.138. The third-order valence-electron chi connectivity index (χ3n) is 3.90. The van der Waals surface area contributed by atoms with E-state index < -0.39 is 5.97 Å². The maximum Gasteiger partial charge on any atom is 0.330 e. The maximum atomic E-state index is 11.1. The minimum atomic E-state index is -0.464. The number of rotatable bonds is 5. The summed E-state index contributed by atoms with van der Waals surface area (Å²) in [6.45, 7) is 3.77. The Kier molecular flexibility index (Phi) is 4.33. The summed E-state index contributed by atoms with van der Waals surface area (Å²) in [4.78, 5) is 11.1. The van der Waals surface area contributed by atoms with Gasteiger partial charge in [0.1, 0.15) is 24.7 Å². The predicted molar refractivity (Wildman–Crippen MR) is 88.8 cm³/mol. The quantitative estimate of drug-likeness (QED) is 0.398. The molecule has 0 aliphatic heterocycles. The molecule has 0 saturated heterocycles. The van der Waals surface area contributed by atoms with Crippen LogP contribution in [0.1, 0.15) is 11.1 Å². The number of benzene rings is 2. The van der Waals surface area contributed by atoms with Crippen molar-refractivity contribution >= 4 is 16.7 Å². The number of carbonyl (C=O) groups excluding carboxylic acids is 1. The second-order valence-corrected chi connectivity index (χ2v) is 5.28. The molecule has 0 heterocycles. The number of allylic oxidation sites excluding steroid dienone is 2. The zero-order chi connectivity index (χ0) is 16.2. The molecule has 23 heavy (non-hydrogen) atoms. The van der Waals surface area contributed by atoms with Crippen LogP contribution in [0.5, 0.6) is 11.5 Å². The Hall–Kier alpha value is -2.75. The van der Waals surface area contributed by atoms with Crippen LogP contribution in [0.3, 0.4) is 0 Å². The monoisotopic (exact) mass is 310 g/mol. The molecule has 0 atom stereocenters. The van der Waals surface area contributed by atoms with E-state index in [9.17, 15) is 9.90 Å². The van der Waals surface area contributed by atoms with Gasteiger partial charge in [-0.15, -0.1) is 0 Å². The lowest BCUT2D eigenvalue weighted by atomic mass is 9.91. The number of phenols is 1. The van der Waals surface area contributed by atoms with Gasteiger partial charge in [0.2, 0.25) is 0 Å². The van der Waals surface area contributed by atoms with Gasteiger partial charge in [-0.2, -0.15) is 0 Å². The molecule has 0 saturated carbocycles. The zero-order valence-corrected chi connectivity index (χ0v) is 12.7. The van der Waals surface area contributed by atoms with E-state index in [-0.39, 0.29) is 13.2 Å². The molecule has 2 aromatic carbocycles. The summed E-state index contributed by atoms with van der Waals surface area (Å²) < 4.78 is 10.9. The highest BCUT2D eigenvalue weighted by Crippen LogP contribution is 2.42. The standard InChI is InChI=1S/C19H18O4/c1-2-17(20)22-11-12-23-19-15-9-5-3-7-13(15)18(21)14-8-4-6-10-16(14)19/h2-7,9,21H,1,8,10-12H2. The van der Waals surface area contributed by atoms with E-state index in [1.807, 2.05) is 30.3 Å². The average Bonchev–Trinajstić information content (AvgIpc) is 2.61. The SMILES string of the molecule is C=CC(=O)OCCOc1c2c(c(O)c3ccccc13)CC=CC2. The van der Waals surface area contributed by atoms with E-state index in [0.717, 1.165) is 40.1 Å². The van der Waals surface area contributed by atoms with Gasteiger partial charge in [0, 0.05) is 28.0 Å². The van der Waals surface area contributed by atoms with Crippen LogP contribution < -0.4 is 4.74 Å². The third-order valence-corrected chi connectivity index (χ3v) is 3.90. The Morgan fingerprint density at radius 1 is 1.13 bits per heavy atom. The first-order valence-corrected chi connectivity index (χ1v) is 7.54. The predicted octanol–water partition coefficient (Wildman–Crippen LogP) is 3.31. The highest BCUT2D eigenvalue weighted by Gasteiger charge is 2.20. The van der Waals surface area contributed by atoms with Gasteiger partial charge in [-0.05, 0) is 12.8 Å². The fourth-order valence-electron chi connectivity index (χ4n) is 2.84. The van der Waals surface area contributed by atoms with Gasteiger partial charge in [0.25, 0.3) is 0 Å². The summed E-state index contributed by atoms with van der Waals surface area (Å²) in [5.74, 6) is 0.618. The number of aromatic hydroxyl groups is 1. The second-order valence-electron chi connectivity index (χ2n) is 5.28. The Morgan fingerprint density at radius 3 is 2.57 bits per heavy atom. The van der Waals surface area contributed by atoms with Gasteiger partial charge in [-0.25, -0.2) is 4.79 Å². The van der Waals surface area contributed by atoms with E-state index in [4.69, 9.17) is 9.47 Å². The Labute approximate surface area is 134 Å². The second kappa shape index (κ2) is 6.57. The minimum absolute atomic E-state index is 0.157. The molecule has 1 N–H and O–H groups in total. The van der Waals surface area contributed by atoms with Crippen molar-refractivity contribution in [2.75, 3.05) is 13.2 Å². The highest BCUT2D eigenvalue weighted by molar-refractivity contribution is 5.96. The normalized spacial score (nSPS) is 12.7. The van der Waals surface area contributed by atoms with Crippen molar-refractivity contribution in [3.63, 3.8) is 0 Å². The van der Waals surface area contributed by atoms with Crippen LogP contribution in [-0.4, -0.2) is 24.3 Å². The van der Waals surface area contributed by atoms with E-state index in [2.05, 4.69) is 12.7 Å². The van der Waals surface area contributed by atoms with Crippen molar-refractivity contribution < 1.29 is 19.4 Å². The molecule has 2 aromatic rings. The molecule has 1 aliphatic carbocycles. The topological polar surface area (TPSA) is 55.8 Å². The van der Waals surface area contributed by atoms with E-state index >= 15 is 0 Å². The first kappa shape index (κ1) is 15.2. The smallest absolute Gasteiger partial charge is 0.330 e. The molecule has 4 heteroatoms. The van der Waals surface area contributed by atoms with Gasteiger partial charge in [0.05, 0.1) is 0 Å². The Morgan fingerprint density at radius 2 is 1.83 bits per heavy atom. The summed E-state index contributed by atoms with van der Waals surface area (Å²) in [6, 6.07) is 7.62. The number of hydrogen-bond donors (Lipinski definition) is 1. The van der Waals surface area contributed by atoms with Crippen LogP contribution in [0.4, 0.5) is 0 Å². The molecule has 0 aromatic heterocycles. The summed E-state index contributed by atoms with van der Waals surface area (Å²) in [5.41, 5.74) is 1.91. The van der Waals surface area contributed by atoms with E-state index in [0.29, 0.717) is 12.2 Å². The van der Waals surface area contributed by atoms with Crippen molar-refractivity contribution in [3.8, 4) is 11.5 Å². The van der Waals surface area contributed by atoms with Crippen LogP contribution >= 0.6 is 0 Å². The molecule has 0 spiro atoms. The molecule has 1 aliphatic rings. The van der Waals surface area contributed by atoms with E-state index in [1.165, 1.54) is 0 Å². The van der Waals surface area contributed by atoms with Crippen LogP contribution in [0.2, 0.25) is 0 Å². The average molecular weight is 310 g/mol. The fraction of sp³-hybridized carbons (Fsp3) is 0.211. The molecule has 0 bridgehead atoms. The van der Waals surface area contributed by atoms with Gasteiger partial charge in [0.15, 0.2) is 0 Å². The number of esters is 1. The first-order valence-electron chi connectivity index (χ1n) is 7.54. The molecule has 3 rings (SSSR count). The maximum absolute atomic E-state index is 11.1. The van der Waals surface area contributed by atoms with Crippen LogP contribution in [0.15, 0.2) is 49.1 Å². The van der Waals surface area contributed by atoms with Crippen LogP contribution in [-0.2, 0) is 22.4 Å². The molecule has 0 radical (unpaired) electrons. The van der Waals surface area contributed by atoms with Gasteiger partial charge in [-0.3, -0.25) is 0 Å². The minimum Gasteiger partial charge on any atom is -0.507 e. The first-order chi connectivity index (χ1) is 11.2. The largest absolute Gasteiger partial charge is 0.507 e. The van der Waals surface area contributed by atoms with Crippen molar-refractivity contribution in [1.82, 2.24) is 0 Å². The molecule has 0 fully saturated rings. The number of fused-ring (bicyclic) bond motifs is 2. The highest BCUT2D eigenvalue weighted by atomic mass is 16.6. The summed E-state index contributed by atoms with van der Waals surface area (Å²) in [5, 5.41) is 12.2. The lowest BCUT2D eigenvalue weighted by Gasteiger charge is -2.21. The van der Waals surface area contributed by atoms with Crippen molar-refractivity contribution in [3.05, 3.63) is 60.2 Å². The molecule has 0 amide bonds. The number of hydrogen-bond acceptors (Lipinski definition) is 4. The van der Waals surface area contributed by atoms with Gasteiger partial charge < -0.3 is 14.6 Å². The summed E-state index contributed by atoms with van der Waals surface area (Å²) >= 11 is 0. The van der Waals surface area contributed by atoms with Crippen molar-refractivity contribution in [2.45, 2.75) is 12.8 Å². The molecule has 118 valence electrons. The van der Waals surface area contributed by atoms with E-state index in [1.54, 1.807) is 0 Å². The molecule has 4 nitrogen and oxygen atoms in total. The number of ether oxygens (including phenoxy) is 2. The van der Waals surface area contributed by atoms with Crippen molar-refractivity contribution in [1.29, 1.82) is 0 Å². The van der Waals surface area contributed by atoms with Gasteiger partial charge >= 0.3 is 5.97 Å². The van der Waals surface area contributed by atoms with Crippen molar-refractivity contribution in [2.24, 2.45) is 0 Å². The lowest BCUT2D eigenvalue weighted by Crippen LogP contribution is -2.12. The van der Waals surface area contributed by atoms with Crippen LogP contribution in [0.25, 0.3) is 10.8 Å². The molecular formula is C19H18O4. The third kappa shape index (κ3) is 2.93. The van der Waals surface area contributed by atoms with Crippen LogP contribution in [0, 0.1) is 0 Å². The molecule has 0 unspecified atom stereocenters. The summed E-state index contributed by atoms with van der Waals surface area (Å²) in [7, 11) is 0. The van der Waals surface area contributed by atoms with Gasteiger partial charge in [-0.1, -0.05) is 43.0 Å². The number of carbonyl (C=O) groups is 1. The molecular weight excluding hydrogens is 292 g/mol. The fourth-order valence-corrected chi connectivity index (χ4v) is 2.84. The number of phenolic OH excluding ortho intramolecular Hbond substituents is 1. The zero-order valence-electron chi connectivity index (χ0n) is 12.7. The summed E-state index contributed by atoms with van der Waals surface area (Å²) in [6.07, 6.45) is 6.65. The Bertz CT molecular complexity index is 790. The Balaban J connectivity index is 1.93.